The van der Waals surface area contributed by atoms with Gasteiger partial charge in [-0.25, -0.2) is 4.90 Å². The first-order chi connectivity index (χ1) is 9.18. The third-order valence-corrected chi connectivity index (χ3v) is 4.92. The Morgan fingerprint density at radius 3 is 2.16 bits per heavy atom. The van der Waals surface area contributed by atoms with E-state index in [-0.39, 0.29) is 35.9 Å². The second-order valence-electron chi connectivity index (χ2n) is 4.97. The number of halogens is 1. The smallest absolute Gasteiger partial charge is 0.240 e. The summed E-state index contributed by atoms with van der Waals surface area (Å²) in [7, 11) is 0. The molecule has 5 heteroatoms. The van der Waals surface area contributed by atoms with E-state index < -0.39 is 0 Å². The fraction of sp³-hybridized carbons (Fsp3) is 0.286. The molecular formula is C14H10INO3. The molecule has 19 heavy (non-hydrogen) atoms. The number of ether oxygens (including phenoxy) is 1. The summed E-state index contributed by atoms with van der Waals surface area (Å²) in [6.45, 7) is 0. The van der Waals surface area contributed by atoms with Crippen LogP contribution in [0, 0.1) is 15.4 Å². The first-order valence-corrected chi connectivity index (χ1v) is 7.22. The zero-order valence-corrected chi connectivity index (χ0v) is 12.0. The normalized spacial score (nSPS) is 35.3. The summed E-state index contributed by atoms with van der Waals surface area (Å²) in [5.41, 5.74) is 0.687. The van der Waals surface area contributed by atoms with Crippen LogP contribution in [0.4, 0.5) is 5.69 Å². The Balaban J connectivity index is 1.79. The van der Waals surface area contributed by atoms with E-state index in [1.807, 2.05) is 36.4 Å². The Kier molecular flexibility index (Phi) is 2.38. The number of hydrogen-bond donors (Lipinski definition) is 0. The van der Waals surface area contributed by atoms with Gasteiger partial charge >= 0.3 is 0 Å². The highest BCUT2D eigenvalue weighted by Crippen LogP contribution is 2.46. The number of hydrogen-bond acceptors (Lipinski definition) is 3. The van der Waals surface area contributed by atoms with Crippen LogP contribution in [-0.2, 0) is 14.3 Å². The molecule has 2 saturated heterocycles. The van der Waals surface area contributed by atoms with E-state index in [1.54, 1.807) is 0 Å². The van der Waals surface area contributed by atoms with Crippen LogP contribution in [0.1, 0.15) is 0 Å². The number of carbonyl (C=O) groups is 2. The highest BCUT2D eigenvalue weighted by molar-refractivity contribution is 14.1. The minimum atomic E-state index is -0.335. The van der Waals surface area contributed by atoms with Gasteiger partial charge in [-0.1, -0.05) is 24.3 Å². The molecule has 1 aromatic carbocycles. The lowest BCUT2D eigenvalue weighted by molar-refractivity contribution is -0.124. The predicted octanol–water partition coefficient (Wildman–Crippen LogP) is 1.73. The first-order valence-electron chi connectivity index (χ1n) is 6.14. The molecule has 4 rings (SSSR count). The Labute approximate surface area is 123 Å². The van der Waals surface area contributed by atoms with Crippen LogP contribution in [0.5, 0.6) is 0 Å². The van der Waals surface area contributed by atoms with E-state index in [1.165, 1.54) is 4.90 Å². The maximum Gasteiger partial charge on any atom is 0.240 e. The van der Waals surface area contributed by atoms with Crippen LogP contribution < -0.4 is 4.90 Å². The SMILES string of the molecule is O=C1C2C3C=CC(O3)C2C(=O)N1c1ccccc1I. The van der Waals surface area contributed by atoms with Crippen molar-refractivity contribution in [2.24, 2.45) is 11.8 Å². The van der Waals surface area contributed by atoms with Gasteiger partial charge < -0.3 is 4.74 Å². The number of amides is 2. The highest BCUT2D eigenvalue weighted by atomic mass is 127. The monoisotopic (exact) mass is 367 g/mol. The fourth-order valence-electron chi connectivity index (χ4n) is 3.17. The topological polar surface area (TPSA) is 46.6 Å². The molecular weight excluding hydrogens is 357 g/mol. The molecule has 3 heterocycles. The first kappa shape index (κ1) is 11.6. The maximum atomic E-state index is 12.5. The molecule has 2 fully saturated rings. The molecule has 0 saturated carbocycles. The Morgan fingerprint density at radius 2 is 1.58 bits per heavy atom. The number of imide groups is 1. The van der Waals surface area contributed by atoms with Gasteiger partial charge in [-0.15, -0.1) is 0 Å². The van der Waals surface area contributed by atoms with E-state index in [4.69, 9.17) is 4.74 Å². The highest BCUT2D eigenvalue weighted by Gasteiger charge is 2.61. The minimum absolute atomic E-state index is 0.129. The third-order valence-electron chi connectivity index (χ3n) is 4.00. The van der Waals surface area contributed by atoms with Crippen molar-refractivity contribution in [1.29, 1.82) is 0 Å². The van der Waals surface area contributed by atoms with Crippen LogP contribution in [0.25, 0.3) is 0 Å². The molecule has 0 aromatic heterocycles. The summed E-state index contributed by atoms with van der Waals surface area (Å²) in [6, 6.07) is 7.45. The number of benzene rings is 1. The molecule has 2 amide bonds. The molecule has 0 aliphatic carbocycles. The van der Waals surface area contributed by atoms with Crippen LogP contribution in [0.15, 0.2) is 36.4 Å². The van der Waals surface area contributed by atoms with E-state index in [0.717, 1.165) is 3.57 Å². The summed E-state index contributed by atoms with van der Waals surface area (Å²) >= 11 is 2.15. The number of anilines is 1. The maximum absolute atomic E-state index is 12.5. The summed E-state index contributed by atoms with van der Waals surface area (Å²) < 4.78 is 6.52. The fourth-order valence-corrected chi connectivity index (χ4v) is 3.80. The van der Waals surface area contributed by atoms with Gasteiger partial charge in [-0.3, -0.25) is 9.59 Å². The van der Waals surface area contributed by atoms with Crippen molar-refractivity contribution in [3.05, 3.63) is 40.0 Å². The second-order valence-corrected chi connectivity index (χ2v) is 6.13. The van der Waals surface area contributed by atoms with Crippen LogP contribution in [0.2, 0.25) is 0 Å². The molecule has 96 valence electrons. The van der Waals surface area contributed by atoms with E-state index in [0.29, 0.717) is 5.69 Å². The number of fused-ring (bicyclic) bond motifs is 5. The molecule has 4 nitrogen and oxygen atoms in total. The van der Waals surface area contributed by atoms with Crippen LogP contribution in [-0.4, -0.2) is 24.0 Å². The van der Waals surface area contributed by atoms with Crippen molar-refractivity contribution in [2.75, 3.05) is 4.90 Å². The molecule has 0 spiro atoms. The van der Waals surface area contributed by atoms with Gasteiger partial charge in [0.15, 0.2) is 0 Å². The number of nitrogens with zero attached hydrogens (tertiary/aromatic N) is 1. The van der Waals surface area contributed by atoms with Gasteiger partial charge in [0.05, 0.1) is 29.7 Å². The molecule has 4 atom stereocenters. The Bertz CT molecular complexity index is 597. The summed E-state index contributed by atoms with van der Waals surface area (Å²) in [6.07, 6.45) is 3.35. The summed E-state index contributed by atoms with van der Waals surface area (Å²) in [5, 5.41) is 0. The third kappa shape index (κ3) is 1.42. The lowest BCUT2D eigenvalue weighted by Gasteiger charge is -2.18. The molecule has 1 aromatic rings. The van der Waals surface area contributed by atoms with Gasteiger partial charge in [-0.2, -0.15) is 0 Å². The largest absolute Gasteiger partial charge is 0.365 e. The van der Waals surface area contributed by atoms with Crippen LogP contribution >= 0.6 is 22.6 Å². The standard InChI is InChI=1S/C14H10INO3/c15-7-3-1-2-4-8(7)16-13(17)11-9-5-6-10(19-9)12(11)14(16)18/h1-6,9-12H. The van der Waals surface area contributed by atoms with Crippen molar-refractivity contribution in [1.82, 2.24) is 0 Å². The van der Waals surface area contributed by atoms with Gasteiger partial charge in [0.1, 0.15) is 0 Å². The number of rotatable bonds is 1. The average Bonchev–Trinajstić information content (AvgIpc) is 3.06. The minimum Gasteiger partial charge on any atom is -0.365 e. The lowest BCUT2D eigenvalue weighted by Crippen LogP contribution is -2.34. The molecule has 0 N–H and O–H groups in total. The Morgan fingerprint density at radius 1 is 1.00 bits per heavy atom. The zero-order valence-electron chi connectivity index (χ0n) is 9.82. The Hall–Kier alpha value is -1.21. The molecule has 3 aliphatic heterocycles. The molecule has 2 bridgehead atoms. The van der Waals surface area contributed by atoms with E-state index in [9.17, 15) is 9.59 Å². The predicted molar refractivity (Wildman–Crippen MR) is 76.4 cm³/mol. The van der Waals surface area contributed by atoms with Crippen molar-refractivity contribution in [3.8, 4) is 0 Å². The summed E-state index contributed by atoms with van der Waals surface area (Å²) in [4.78, 5) is 26.4. The molecule has 0 radical (unpaired) electrons. The zero-order chi connectivity index (χ0) is 13.1. The second kappa shape index (κ2) is 3.89. The summed E-state index contributed by atoms with van der Waals surface area (Å²) in [5.74, 6) is -0.927. The van der Waals surface area contributed by atoms with Gasteiger partial charge in [0.2, 0.25) is 11.8 Å². The quantitative estimate of drug-likeness (QED) is 0.432. The van der Waals surface area contributed by atoms with Crippen molar-refractivity contribution in [3.63, 3.8) is 0 Å². The van der Waals surface area contributed by atoms with Crippen LogP contribution in [0.3, 0.4) is 0 Å². The van der Waals surface area contributed by atoms with Crippen molar-refractivity contribution < 1.29 is 14.3 Å². The van der Waals surface area contributed by atoms with Crippen molar-refractivity contribution in [2.45, 2.75) is 12.2 Å². The van der Waals surface area contributed by atoms with E-state index >= 15 is 0 Å². The number of carbonyl (C=O) groups excluding carboxylic acids is 2. The van der Waals surface area contributed by atoms with Gasteiger partial charge in [0.25, 0.3) is 0 Å². The van der Waals surface area contributed by atoms with Crippen molar-refractivity contribution >= 4 is 40.1 Å². The van der Waals surface area contributed by atoms with Gasteiger partial charge in [0, 0.05) is 3.57 Å². The number of para-hydroxylation sites is 1. The molecule has 4 unspecified atom stereocenters. The van der Waals surface area contributed by atoms with E-state index in [2.05, 4.69) is 22.6 Å². The van der Waals surface area contributed by atoms with Gasteiger partial charge in [-0.05, 0) is 34.7 Å². The molecule has 3 aliphatic rings. The lowest BCUT2D eigenvalue weighted by atomic mass is 9.85. The average molecular weight is 367 g/mol.